The average Bonchev–Trinajstić information content (AvgIpc) is 2.21. The summed E-state index contributed by atoms with van der Waals surface area (Å²) < 4.78 is 44.7. The first-order valence-corrected chi connectivity index (χ1v) is 5.32. The van der Waals surface area contributed by atoms with Crippen molar-refractivity contribution < 1.29 is 27.4 Å². The third-order valence-corrected chi connectivity index (χ3v) is 2.12. The predicted molar refractivity (Wildman–Crippen MR) is 58.2 cm³/mol. The molecule has 0 atom stereocenters. The highest BCUT2D eigenvalue weighted by Crippen LogP contribution is 2.26. The standard InChI is InChI=1S/C12H13F3O3/c1-3-17-11(16)7-9-4-5-10(8(2)6-9)18-12(13,14)15/h4-6H,3,7H2,1-2H3. The molecule has 0 saturated heterocycles. The molecule has 0 spiro atoms. The molecule has 0 saturated carbocycles. The molecule has 0 aliphatic rings. The largest absolute Gasteiger partial charge is 0.573 e. The number of hydrogen-bond acceptors (Lipinski definition) is 3. The zero-order valence-corrected chi connectivity index (χ0v) is 10.0. The highest BCUT2D eigenvalue weighted by Gasteiger charge is 2.31. The Bertz CT molecular complexity index is 427. The lowest BCUT2D eigenvalue weighted by molar-refractivity contribution is -0.274. The van der Waals surface area contributed by atoms with Gasteiger partial charge in [0.1, 0.15) is 5.75 Å². The van der Waals surface area contributed by atoms with Crippen molar-refractivity contribution >= 4 is 5.97 Å². The fourth-order valence-electron chi connectivity index (χ4n) is 1.44. The third kappa shape index (κ3) is 4.65. The van der Waals surface area contributed by atoms with Crippen molar-refractivity contribution in [3.8, 4) is 5.75 Å². The van der Waals surface area contributed by atoms with E-state index in [0.29, 0.717) is 11.1 Å². The number of rotatable bonds is 4. The SMILES string of the molecule is CCOC(=O)Cc1ccc(OC(F)(F)F)c(C)c1. The first-order valence-electron chi connectivity index (χ1n) is 5.32. The molecule has 1 rings (SSSR count). The minimum atomic E-state index is -4.71. The quantitative estimate of drug-likeness (QED) is 0.782. The second-order valence-electron chi connectivity index (χ2n) is 3.63. The van der Waals surface area contributed by atoms with Crippen molar-refractivity contribution in [1.29, 1.82) is 0 Å². The van der Waals surface area contributed by atoms with Crippen LogP contribution in [0.5, 0.6) is 5.75 Å². The van der Waals surface area contributed by atoms with E-state index in [1.807, 2.05) is 0 Å². The summed E-state index contributed by atoms with van der Waals surface area (Å²) in [6.07, 6.45) is -4.69. The second kappa shape index (κ2) is 5.75. The lowest BCUT2D eigenvalue weighted by Crippen LogP contribution is -2.18. The molecule has 0 radical (unpaired) electrons. The van der Waals surface area contributed by atoms with E-state index in [-0.39, 0.29) is 18.8 Å². The van der Waals surface area contributed by atoms with Crippen LogP contribution >= 0.6 is 0 Å². The number of carbonyl (C=O) groups excluding carboxylic acids is 1. The van der Waals surface area contributed by atoms with E-state index >= 15 is 0 Å². The van der Waals surface area contributed by atoms with E-state index in [1.165, 1.54) is 25.1 Å². The zero-order chi connectivity index (χ0) is 13.8. The summed E-state index contributed by atoms with van der Waals surface area (Å²) in [7, 11) is 0. The molecule has 0 bridgehead atoms. The topological polar surface area (TPSA) is 35.5 Å². The molecule has 0 heterocycles. The molecule has 0 aliphatic carbocycles. The van der Waals surface area contributed by atoms with Crippen LogP contribution in [-0.4, -0.2) is 18.9 Å². The van der Waals surface area contributed by atoms with Crippen molar-refractivity contribution in [2.45, 2.75) is 26.6 Å². The van der Waals surface area contributed by atoms with E-state index in [2.05, 4.69) is 4.74 Å². The first-order chi connectivity index (χ1) is 8.31. The number of esters is 1. The van der Waals surface area contributed by atoms with Crippen molar-refractivity contribution in [3.63, 3.8) is 0 Å². The van der Waals surface area contributed by atoms with Gasteiger partial charge in [-0.3, -0.25) is 4.79 Å². The predicted octanol–water partition coefficient (Wildman–Crippen LogP) is 3.00. The summed E-state index contributed by atoms with van der Waals surface area (Å²) in [5.74, 6) is -0.684. The van der Waals surface area contributed by atoms with Gasteiger partial charge in [-0.05, 0) is 31.0 Å². The molecule has 0 fully saturated rings. The van der Waals surface area contributed by atoms with Gasteiger partial charge in [0.15, 0.2) is 0 Å². The van der Waals surface area contributed by atoms with Crippen LogP contribution in [-0.2, 0) is 16.0 Å². The van der Waals surface area contributed by atoms with Gasteiger partial charge in [-0.15, -0.1) is 13.2 Å². The van der Waals surface area contributed by atoms with E-state index in [0.717, 1.165) is 0 Å². The van der Waals surface area contributed by atoms with Gasteiger partial charge in [-0.2, -0.15) is 0 Å². The molecule has 3 nitrogen and oxygen atoms in total. The maximum atomic E-state index is 12.0. The third-order valence-electron chi connectivity index (χ3n) is 2.12. The molecular formula is C12H13F3O3. The minimum absolute atomic E-state index is 0.0287. The lowest BCUT2D eigenvalue weighted by Gasteiger charge is -2.12. The number of halogens is 3. The van der Waals surface area contributed by atoms with E-state index in [1.54, 1.807) is 6.92 Å². The highest BCUT2D eigenvalue weighted by atomic mass is 19.4. The fourth-order valence-corrected chi connectivity index (χ4v) is 1.44. The number of benzene rings is 1. The molecule has 0 aliphatic heterocycles. The average molecular weight is 262 g/mol. The van der Waals surface area contributed by atoms with Crippen LogP contribution in [0.25, 0.3) is 0 Å². The molecule has 6 heteroatoms. The molecule has 0 unspecified atom stereocenters. The Hall–Kier alpha value is -1.72. The highest BCUT2D eigenvalue weighted by molar-refractivity contribution is 5.72. The Kier molecular flexibility index (Phi) is 4.58. The molecule has 0 aromatic heterocycles. The number of carbonyl (C=O) groups is 1. The van der Waals surface area contributed by atoms with E-state index in [4.69, 9.17) is 4.74 Å². The number of aryl methyl sites for hydroxylation is 1. The van der Waals surface area contributed by atoms with Gasteiger partial charge < -0.3 is 9.47 Å². The van der Waals surface area contributed by atoms with Crippen molar-refractivity contribution in [1.82, 2.24) is 0 Å². The maximum Gasteiger partial charge on any atom is 0.573 e. The van der Waals surface area contributed by atoms with Gasteiger partial charge in [0.05, 0.1) is 13.0 Å². The Morgan fingerprint density at radius 3 is 2.50 bits per heavy atom. The van der Waals surface area contributed by atoms with Crippen LogP contribution < -0.4 is 4.74 Å². The summed E-state index contributed by atoms with van der Waals surface area (Å²) in [5.41, 5.74) is 0.898. The van der Waals surface area contributed by atoms with Crippen LogP contribution in [0.2, 0.25) is 0 Å². The van der Waals surface area contributed by atoms with Gasteiger partial charge in [0.25, 0.3) is 0 Å². The molecule has 1 aromatic carbocycles. The molecule has 0 N–H and O–H groups in total. The monoisotopic (exact) mass is 262 g/mol. The number of hydrogen-bond donors (Lipinski definition) is 0. The Morgan fingerprint density at radius 1 is 1.33 bits per heavy atom. The van der Waals surface area contributed by atoms with E-state index < -0.39 is 12.3 Å². The Morgan fingerprint density at radius 2 is 2.00 bits per heavy atom. The van der Waals surface area contributed by atoms with Crippen LogP contribution in [0.3, 0.4) is 0 Å². The van der Waals surface area contributed by atoms with Crippen molar-refractivity contribution in [2.24, 2.45) is 0 Å². The fraction of sp³-hybridized carbons (Fsp3) is 0.417. The molecule has 18 heavy (non-hydrogen) atoms. The maximum absolute atomic E-state index is 12.0. The van der Waals surface area contributed by atoms with Gasteiger partial charge in [0, 0.05) is 0 Å². The number of alkyl halides is 3. The van der Waals surface area contributed by atoms with Gasteiger partial charge in [-0.25, -0.2) is 0 Å². The molecule has 100 valence electrons. The number of ether oxygens (including phenoxy) is 2. The van der Waals surface area contributed by atoms with Gasteiger partial charge in [0.2, 0.25) is 0 Å². The van der Waals surface area contributed by atoms with Crippen LogP contribution in [0, 0.1) is 6.92 Å². The van der Waals surface area contributed by atoms with Gasteiger partial charge >= 0.3 is 12.3 Å². The Balaban J connectivity index is 2.76. The first kappa shape index (κ1) is 14.3. The minimum Gasteiger partial charge on any atom is -0.466 e. The smallest absolute Gasteiger partial charge is 0.466 e. The molecule has 1 aromatic rings. The van der Waals surface area contributed by atoms with Crippen molar-refractivity contribution in [3.05, 3.63) is 29.3 Å². The molecular weight excluding hydrogens is 249 g/mol. The van der Waals surface area contributed by atoms with Crippen LogP contribution in [0.15, 0.2) is 18.2 Å². The summed E-state index contributed by atoms with van der Waals surface area (Å²) in [6, 6.07) is 4.07. The summed E-state index contributed by atoms with van der Waals surface area (Å²) in [6.45, 7) is 3.44. The zero-order valence-electron chi connectivity index (χ0n) is 10.0. The van der Waals surface area contributed by atoms with Gasteiger partial charge in [-0.1, -0.05) is 12.1 Å². The van der Waals surface area contributed by atoms with Crippen molar-refractivity contribution in [2.75, 3.05) is 6.61 Å². The van der Waals surface area contributed by atoms with Crippen LogP contribution in [0.4, 0.5) is 13.2 Å². The van der Waals surface area contributed by atoms with E-state index in [9.17, 15) is 18.0 Å². The lowest BCUT2D eigenvalue weighted by atomic mass is 10.1. The summed E-state index contributed by atoms with van der Waals surface area (Å²) in [5, 5.41) is 0. The summed E-state index contributed by atoms with van der Waals surface area (Å²) >= 11 is 0. The second-order valence-corrected chi connectivity index (χ2v) is 3.63. The molecule has 0 amide bonds. The summed E-state index contributed by atoms with van der Waals surface area (Å²) in [4.78, 5) is 11.2. The van der Waals surface area contributed by atoms with Crippen LogP contribution in [0.1, 0.15) is 18.1 Å². The normalized spacial score (nSPS) is 11.2. The Labute approximate surface area is 103 Å².